The summed E-state index contributed by atoms with van der Waals surface area (Å²) in [6.07, 6.45) is 2.64. The maximum absolute atomic E-state index is 12.7. The fourth-order valence-electron chi connectivity index (χ4n) is 4.39. The van der Waals surface area contributed by atoms with Crippen LogP contribution >= 0.6 is 0 Å². The predicted octanol–water partition coefficient (Wildman–Crippen LogP) is 3.21. The molecule has 0 spiro atoms. The Morgan fingerprint density at radius 2 is 1.88 bits per heavy atom. The fraction of sp³-hybridized carbons (Fsp3) is 0.462. The molecule has 1 amide bonds. The number of amides is 1. The van der Waals surface area contributed by atoms with E-state index in [-0.39, 0.29) is 30.6 Å². The van der Waals surface area contributed by atoms with Gasteiger partial charge in [-0.3, -0.25) is 19.3 Å². The Morgan fingerprint density at radius 1 is 1.12 bits per heavy atom. The van der Waals surface area contributed by atoms with Gasteiger partial charge in [-0.1, -0.05) is 36.4 Å². The lowest BCUT2D eigenvalue weighted by Gasteiger charge is -2.34. The zero-order chi connectivity index (χ0) is 23.2. The zero-order valence-corrected chi connectivity index (χ0v) is 19.5. The van der Waals surface area contributed by atoms with E-state index < -0.39 is 0 Å². The zero-order valence-electron chi connectivity index (χ0n) is 19.5. The highest BCUT2D eigenvalue weighted by molar-refractivity contribution is 5.89. The molecule has 176 valence electrons. The second-order valence-electron chi connectivity index (χ2n) is 8.81. The van der Waals surface area contributed by atoms with Crippen LogP contribution < -0.4 is 10.4 Å². The molecule has 0 radical (unpaired) electrons. The van der Waals surface area contributed by atoms with Crippen molar-refractivity contribution in [2.75, 3.05) is 24.7 Å². The van der Waals surface area contributed by atoms with Gasteiger partial charge < -0.3 is 10.1 Å². The molecule has 7 nitrogen and oxygen atoms in total. The molecule has 1 fully saturated rings. The molecule has 2 aromatic rings. The summed E-state index contributed by atoms with van der Waals surface area (Å²) in [7, 11) is 0. The van der Waals surface area contributed by atoms with E-state index in [9.17, 15) is 9.59 Å². The Hall–Kier alpha value is -2.74. The molecule has 2 aliphatic heterocycles. The minimum Gasteiger partial charge on any atom is -0.460 e. The van der Waals surface area contributed by atoms with Crippen LogP contribution in [-0.2, 0) is 38.7 Å². The van der Waals surface area contributed by atoms with Crippen LogP contribution in [-0.4, -0.2) is 48.6 Å². The van der Waals surface area contributed by atoms with Crippen LogP contribution in [0.4, 0.5) is 5.69 Å². The van der Waals surface area contributed by atoms with E-state index in [1.165, 1.54) is 17.6 Å². The first-order valence-electron chi connectivity index (χ1n) is 11.8. The average molecular weight is 452 g/mol. The third-order valence-electron chi connectivity index (χ3n) is 6.41. The molecule has 1 unspecified atom stereocenters. The second kappa shape index (κ2) is 10.9. The third-order valence-corrected chi connectivity index (χ3v) is 6.41. The van der Waals surface area contributed by atoms with Crippen LogP contribution in [0, 0.1) is 0 Å². The number of rotatable bonds is 7. The first kappa shape index (κ1) is 23.4. The van der Waals surface area contributed by atoms with E-state index in [1.54, 1.807) is 0 Å². The van der Waals surface area contributed by atoms with Crippen molar-refractivity contribution in [2.45, 2.75) is 58.4 Å². The number of carbonyl (C=O) groups is 2. The van der Waals surface area contributed by atoms with Crippen LogP contribution in [0.25, 0.3) is 0 Å². The minimum absolute atomic E-state index is 0.0297. The Morgan fingerprint density at radius 3 is 2.61 bits per heavy atom. The Balaban J connectivity index is 1.41. The number of carbonyl (C=O) groups excluding carboxylic acids is 2. The topological polar surface area (TPSA) is 71.1 Å². The number of nitrogens with zero attached hydrogens (tertiary/aromatic N) is 2. The lowest BCUT2D eigenvalue weighted by atomic mass is 9.98. The Kier molecular flexibility index (Phi) is 7.75. The van der Waals surface area contributed by atoms with Crippen molar-refractivity contribution in [1.82, 2.24) is 10.2 Å². The van der Waals surface area contributed by atoms with Gasteiger partial charge in [0.15, 0.2) is 0 Å². The quantitative estimate of drug-likeness (QED) is 0.515. The summed E-state index contributed by atoms with van der Waals surface area (Å²) in [5.41, 5.74) is 4.07. The van der Waals surface area contributed by atoms with Crippen LogP contribution in [0.5, 0.6) is 0 Å². The van der Waals surface area contributed by atoms with Crippen molar-refractivity contribution in [3.05, 3.63) is 65.2 Å². The van der Waals surface area contributed by atoms with E-state index in [1.807, 2.05) is 49.4 Å². The van der Waals surface area contributed by atoms with Crippen molar-refractivity contribution in [2.24, 2.45) is 0 Å². The summed E-state index contributed by atoms with van der Waals surface area (Å²) in [5.74, 6) is -0.364. The van der Waals surface area contributed by atoms with Crippen LogP contribution in [0.3, 0.4) is 0 Å². The predicted molar refractivity (Wildman–Crippen MR) is 126 cm³/mol. The first-order chi connectivity index (χ1) is 16.0. The fourth-order valence-corrected chi connectivity index (χ4v) is 4.39. The first-order valence-corrected chi connectivity index (χ1v) is 11.8. The molecule has 7 heteroatoms. The molecule has 0 aliphatic carbocycles. The van der Waals surface area contributed by atoms with Gasteiger partial charge in [0.25, 0.3) is 0 Å². The van der Waals surface area contributed by atoms with Gasteiger partial charge in [-0.15, -0.1) is 0 Å². The molecule has 2 aromatic carbocycles. The van der Waals surface area contributed by atoms with Crippen molar-refractivity contribution in [3.63, 3.8) is 0 Å². The molecule has 1 N–H and O–H groups in total. The maximum Gasteiger partial charge on any atom is 0.323 e. The molecule has 1 atom stereocenters. The number of hydrogen-bond donors (Lipinski definition) is 1. The largest absolute Gasteiger partial charge is 0.460 e. The summed E-state index contributed by atoms with van der Waals surface area (Å²) < 4.78 is 5.55. The van der Waals surface area contributed by atoms with Gasteiger partial charge in [0.2, 0.25) is 5.91 Å². The second-order valence-corrected chi connectivity index (χ2v) is 8.81. The molecule has 2 aliphatic rings. The third kappa shape index (κ3) is 5.99. The lowest BCUT2D eigenvalue weighted by Crippen LogP contribution is -2.43. The van der Waals surface area contributed by atoms with Crippen molar-refractivity contribution in [3.8, 4) is 0 Å². The molecular formula is C26H33N3O4. The molecule has 4 rings (SSSR count). The molecule has 2 heterocycles. The number of fused-ring (bicyclic) bond motifs is 1. The van der Waals surface area contributed by atoms with Crippen molar-refractivity contribution < 1.29 is 19.2 Å². The molecule has 33 heavy (non-hydrogen) atoms. The van der Waals surface area contributed by atoms with Gasteiger partial charge >= 0.3 is 5.97 Å². The van der Waals surface area contributed by atoms with Crippen molar-refractivity contribution in [1.29, 1.82) is 0 Å². The number of benzene rings is 2. The van der Waals surface area contributed by atoms with Gasteiger partial charge in [-0.05, 0) is 68.1 Å². The summed E-state index contributed by atoms with van der Waals surface area (Å²) in [5, 5.41) is 4.74. The highest BCUT2D eigenvalue weighted by atomic mass is 16.7. The van der Waals surface area contributed by atoms with Gasteiger partial charge in [-0.25, -0.2) is 0 Å². The van der Waals surface area contributed by atoms with E-state index in [0.717, 1.165) is 55.7 Å². The number of esters is 1. The average Bonchev–Trinajstić information content (AvgIpc) is 2.85. The lowest BCUT2D eigenvalue weighted by molar-refractivity contribution is -0.151. The maximum atomic E-state index is 12.7. The van der Waals surface area contributed by atoms with Crippen molar-refractivity contribution >= 4 is 17.6 Å². The number of piperidine rings is 1. The highest BCUT2D eigenvalue weighted by Gasteiger charge is 2.28. The molecule has 0 saturated carbocycles. The van der Waals surface area contributed by atoms with E-state index in [4.69, 9.17) is 9.57 Å². The number of hydroxylamine groups is 1. The molecule has 0 bridgehead atoms. The van der Waals surface area contributed by atoms with Crippen LogP contribution in [0.1, 0.15) is 43.4 Å². The minimum atomic E-state index is -0.347. The summed E-state index contributed by atoms with van der Waals surface area (Å²) in [4.78, 5) is 33.2. The van der Waals surface area contributed by atoms with E-state index in [2.05, 4.69) is 16.3 Å². The summed E-state index contributed by atoms with van der Waals surface area (Å²) in [6, 6.07) is 15.4. The summed E-state index contributed by atoms with van der Waals surface area (Å²) >= 11 is 0. The van der Waals surface area contributed by atoms with Crippen LogP contribution in [0.2, 0.25) is 0 Å². The van der Waals surface area contributed by atoms with Gasteiger partial charge in [0.1, 0.15) is 12.6 Å². The molecule has 0 aromatic heterocycles. The number of ether oxygens (including phenoxy) is 1. The summed E-state index contributed by atoms with van der Waals surface area (Å²) in [6.45, 7) is 6.91. The van der Waals surface area contributed by atoms with E-state index in [0.29, 0.717) is 6.54 Å². The smallest absolute Gasteiger partial charge is 0.323 e. The van der Waals surface area contributed by atoms with Gasteiger partial charge in [0.05, 0.1) is 11.8 Å². The van der Waals surface area contributed by atoms with Gasteiger partial charge in [0, 0.05) is 20.0 Å². The standard InChI is InChI=1S/C26H33N3O4/c1-19(26(31)32-18-21-6-4-3-5-7-21)28-15-12-22-8-9-24(16-23(22)17-28)29(20(2)30)33-25-10-13-27-14-11-25/h3-9,16,19,25,27H,10-15,17-18H2,1-2H3. The Labute approximate surface area is 195 Å². The number of nitrogens with one attached hydrogen (secondary N) is 1. The monoisotopic (exact) mass is 451 g/mol. The Bertz CT molecular complexity index is 959. The number of hydrogen-bond acceptors (Lipinski definition) is 6. The highest BCUT2D eigenvalue weighted by Crippen LogP contribution is 2.27. The number of anilines is 1. The SMILES string of the molecule is CC(=O)N(OC1CCNCC1)c1ccc2c(c1)CN(C(C)C(=O)OCc1ccccc1)CC2. The molecular weight excluding hydrogens is 418 g/mol. The van der Waals surface area contributed by atoms with E-state index >= 15 is 0 Å². The normalized spacial score (nSPS) is 17.8. The molecule has 1 saturated heterocycles. The van der Waals surface area contributed by atoms with Gasteiger partial charge in [-0.2, -0.15) is 5.06 Å². The van der Waals surface area contributed by atoms with Crippen LogP contribution in [0.15, 0.2) is 48.5 Å².